The van der Waals surface area contributed by atoms with Crippen LogP contribution in [0.1, 0.15) is 5.56 Å². The molecule has 0 spiro atoms. The van der Waals surface area contributed by atoms with Crippen molar-refractivity contribution in [1.29, 1.82) is 5.26 Å². The highest BCUT2D eigenvalue weighted by Gasteiger charge is 2.15. The maximum Gasteiger partial charge on any atom is 0.305 e. The molecule has 0 aliphatic heterocycles. The van der Waals surface area contributed by atoms with E-state index in [1.54, 1.807) is 0 Å². The number of hydrogen-bond donors (Lipinski definition) is 0. The molecular weight excluding hydrogens is 255 g/mol. The number of ether oxygens (including phenoxy) is 1. The van der Waals surface area contributed by atoms with Gasteiger partial charge in [-0.3, -0.25) is 10.1 Å². The number of halogens is 1. The Morgan fingerprint density at radius 3 is 2.84 bits per heavy atom. The Balaban J connectivity index is 2.32. The molecule has 0 saturated carbocycles. The lowest BCUT2D eigenvalue weighted by atomic mass is 10.3. The van der Waals surface area contributed by atoms with E-state index in [0.29, 0.717) is 0 Å². The highest BCUT2D eigenvalue weighted by atomic mass is 19.1. The Kier molecular flexibility index (Phi) is 3.29. The summed E-state index contributed by atoms with van der Waals surface area (Å²) in [6.45, 7) is 0. The van der Waals surface area contributed by atoms with E-state index in [2.05, 4.69) is 10.2 Å². The summed E-state index contributed by atoms with van der Waals surface area (Å²) in [6.07, 6.45) is 1.31. The van der Waals surface area contributed by atoms with Crippen LogP contribution in [0.4, 0.5) is 10.1 Å². The monoisotopic (exact) mass is 260 g/mol. The molecule has 0 bridgehead atoms. The average molecular weight is 260 g/mol. The molecule has 1 heterocycles. The van der Waals surface area contributed by atoms with Crippen LogP contribution in [0.15, 0.2) is 30.5 Å². The topological polar surface area (TPSA) is 102 Å². The molecule has 1 aromatic heterocycles. The minimum atomic E-state index is -1.04. The maximum atomic E-state index is 13.4. The fourth-order valence-electron chi connectivity index (χ4n) is 1.29. The highest BCUT2D eigenvalue weighted by Crippen LogP contribution is 2.26. The van der Waals surface area contributed by atoms with Gasteiger partial charge in [0.05, 0.1) is 11.1 Å². The highest BCUT2D eigenvalue weighted by molar-refractivity contribution is 5.42. The zero-order valence-corrected chi connectivity index (χ0v) is 9.28. The molecule has 1 aromatic carbocycles. The lowest BCUT2D eigenvalue weighted by Crippen LogP contribution is -1.96. The Hall–Kier alpha value is -3.08. The SMILES string of the molecule is N#Cc1ccnnc1Oc1ccc([N+](=O)[O-])c(F)c1. The van der Waals surface area contributed by atoms with Crippen molar-refractivity contribution in [3.05, 3.63) is 52.0 Å². The van der Waals surface area contributed by atoms with E-state index >= 15 is 0 Å². The normalized spacial score (nSPS) is 9.68. The molecule has 0 unspecified atom stereocenters. The lowest BCUT2D eigenvalue weighted by molar-refractivity contribution is -0.387. The molecular formula is C11H5FN4O3. The van der Waals surface area contributed by atoms with Crippen LogP contribution in [0, 0.1) is 27.3 Å². The number of benzene rings is 1. The first-order valence-electron chi connectivity index (χ1n) is 4.95. The van der Waals surface area contributed by atoms with Gasteiger partial charge in [0.25, 0.3) is 5.88 Å². The molecule has 0 N–H and O–H groups in total. The van der Waals surface area contributed by atoms with E-state index < -0.39 is 16.4 Å². The van der Waals surface area contributed by atoms with Crippen LogP contribution >= 0.6 is 0 Å². The second-order valence-corrected chi connectivity index (χ2v) is 3.33. The third-order valence-electron chi connectivity index (χ3n) is 2.14. The van der Waals surface area contributed by atoms with Crippen molar-refractivity contribution in [3.8, 4) is 17.7 Å². The standard InChI is InChI=1S/C11H5FN4O3/c12-9-5-8(1-2-10(9)16(17)18)19-11-7(6-13)3-4-14-15-11/h1-5H. The van der Waals surface area contributed by atoms with Gasteiger partial charge in [0.2, 0.25) is 5.82 Å². The van der Waals surface area contributed by atoms with Crippen molar-refractivity contribution in [2.24, 2.45) is 0 Å². The molecule has 0 amide bonds. The largest absolute Gasteiger partial charge is 0.436 e. The first-order chi connectivity index (χ1) is 9.11. The molecule has 8 heteroatoms. The second kappa shape index (κ2) is 5.05. The molecule has 2 aromatic rings. The van der Waals surface area contributed by atoms with Crippen molar-refractivity contribution >= 4 is 5.69 Å². The summed E-state index contributed by atoms with van der Waals surface area (Å²) in [5.41, 5.74) is -0.541. The number of hydrogen-bond acceptors (Lipinski definition) is 6. The van der Waals surface area contributed by atoms with Crippen LogP contribution in [-0.2, 0) is 0 Å². The van der Waals surface area contributed by atoms with E-state index in [9.17, 15) is 14.5 Å². The van der Waals surface area contributed by atoms with Gasteiger partial charge in [-0.05, 0) is 12.1 Å². The molecule has 0 radical (unpaired) electrons. The third kappa shape index (κ3) is 2.61. The molecule has 0 fully saturated rings. The molecule has 0 aliphatic rings. The molecule has 0 atom stereocenters. The molecule has 0 aliphatic carbocycles. The minimum absolute atomic E-state index is 0.0138. The van der Waals surface area contributed by atoms with Crippen molar-refractivity contribution in [1.82, 2.24) is 10.2 Å². The molecule has 94 valence electrons. The van der Waals surface area contributed by atoms with Crippen LogP contribution in [0.5, 0.6) is 11.6 Å². The molecule has 19 heavy (non-hydrogen) atoms. The Labute approximate surface area is 106 Å². The molecule has 2 rings (SSSR count). The van der Waals surface area contributed by atoms with E-state index in [-0.39, 0.29) is 17.2 Å². The Morgan fingerprint density at radius 1 is 1.42 bits per heavy atom. The number of nitro groups is 1. The Bertz CT molecular complexity index is 684. The van der Waals surface area contributed by atoms with E-state index in [0.717, 1.165) is 12.1 Å². The minimum Gasteiger partial charge on any atom is -0.436 e. The van der Waals surface area contributed by atoms with Crippen molar-refractivity contribution in [2.45, 2.75) is 0 Å². The number of nitrogens with zero attached hydrogens (tertiary/aromatic N) is 4. The van der Waals surface area contributed by atoms with Crippen molar-refractivity contribution in [2.75, 3.05) is 0 Å². The zero-order valence-electron chi connectivity index (χ0n) is 9.28. The van der Waals surface area contributed by atoms with E-state index in [1.165, 1.54) is 18.3 Å². The smallest absolute Gasteiger partial charge is 0.305 e. The van der Waals surface area contributed by atoms with Gasteiger partial charge < -0.3 is 4.74 Å². The summed E-state index contributed by atoms with van der Waals surface area (Å²) in [5, 5.41) is 26.4. The van der Waals surface area contributed by atoms with Crippen LogP contribution in [0.3, 0.4) is 0 Å². The van der Waals surface area contributed by atoms with Gasteiger partial charge in [-0.2, -0.15) is 14.8 Å². The maximum absolute atomic E-state index is 13.4. The first kappa shape index (κ1) is 12.4. The van der Waals surface area contributed by atoms with Gasteiger partial charge >= 0.3 is 5.69 Å². The quantitative estimate of drug-likeness (QED) is 0.619. The summed E-state index contributed by atoms with van der Waals surface area (Å²) in [6, 6.07) is 6.22. The predicted octanol–water partition coefficient (Wildman–Crippen LogP) is 2.19. The van der Waals surface area contributed by atoms with Crippen LogP contribution < -0.4 is 4.74 Å². The number of nitriles is 1. The number of nitro benzene ring substituents is 1. The summed E-state index contributed by atoms with van der Waals surface area (Å²) >= 11 is 0. The van der Waals surface area contributed by atoms with Crippen LogP contribution in [0.2, 0.25) is 0 Å². The lowest BCUT2D eigenvalue weighted by Gasteiger charge is -2.04. The van der Waals surface area contributed by atoms with Crippen molar-refractivity contribution < 1.29 is 14.1 Å². The molecule has 0 saturated heterocycles. The number of rotatable bonds is 3. The Morgan fingerprint density at radius 2 is 2.21 bits per heavy atom. The third-order valence-corrected chi connectivity index (χ3v) is 2.14. The van der Waals surface area contributed by atoms with Gasteiger partial charge in [-0.15, -0.1) is 5.10 Å². The second-order valence-electron chi connectivity index (χ2n) is 3.33. The molecule has 7 nitrogen and oxygen atoms in total. The van der Waals surface area contributed by atoms with Gasteiger partial charge in [-0.1, -0.05) is 0 Å². The van der Waals surface area contributed by atoms with Crippen LogP contribution in [-0.4, -0.2) is 15.1 Å². The fraction of sp³-hybridized carbons (Fsp3) is 0. The van der Waals surface area contributed by atoms with Crippen molar-refractivity contribution in [3.63, 3.8) is 0 Å². The van der Waals surface area contributed by atoms with E-state index in [1.807, 2.05) is 6.07 Å². The van der Waals surface area contributed by atoms with Gasteiger partial charge in [-0.25, -0.2) is 0 Å². The zero-order chi connectivity index (χ0) is 13.8. The first-order valence-corrected chi connectivity index (χ1v) is 4.95. The predicted molar refractivity (Wildman–Crippen MR) is 59.9 cm³/mol. The summed E-state index contributed by atoms with van der Waals surface area (Å²) in [5.74, 6) is -1.15. The van der Waals surface area contributed by atoms with E-state index in [4.69, 9.17) is 10.00 Å². The van der Waals surface area contributed by atoms with Gasteiger partial charge in [0.15, 0.2) is 0 Å². The summed E-state index contributed by atoms with van der Waals surface area (Å²) in [4.78, 5) is 9.61. The van der Waals surface area contributed by atoms with Gasteiger partial charge in [0, 0.05) is 12.1 Å². The average Bonchev–Trinajstić information content (AvgIpc) is 2.39. The number of aromatic nitrogens is 2. The summed E-state index contributed by atoms with van der Waals surface area (Å²) < 4.78 is 18.5. The summed E-state index contributed by atoms with van der Waals surface area (Å²) in [7, 11) is 0. The van der Waals surface area contributed by atoms with Crippen LogP contribution in [0.25, 0.3) is 0 Å². The van der Waals surface area contributed by atoms with Gasteiger partial charge in [0.1, 0.15) is 17.4 Å². The fourth-order valence-corrected chi connectivity index (χ4v) is 1.29.